The number of aromatic hydroxyl groups is 3. The highest BCUT2D eigenvalue weighted by Crippen LogP contribution is 2.44. The number of nitrogens with one attached hydrogen (secondary N) is 1. The summed E-state index contributed by atoms with van der Waals surface area (Å²) < 4.78 is 1.88. The third-order valence-corrected chi connectivity index (χ3v) is 3.41. The van der Waals surface area contributed by atoms with Gasteiger partial charge in [-0.2, -0.15) is 0 Å². The minimum absolute atomic E-state index is 0.227. The molecule has 2 aromatic heterocycles. The molecule has 23 heavy (non-hydrogen) atoms. The lowest BCUT2D eigenvalue weighted by atomic mass is 10.1. The van der Waals surface area contributed by atoms with Gasteiger partial charge in [0, 0.05) is 17.3 Å². The van der Waals surface area contributed by atoms with Crippen LogP contribution in [0.5, 0.6) is 17.2 Å². The van der Waals surface area contributed by atoms with E-state index in [9.17, 15) is 15.3 Å². The second-order valence-electron chi connectivity index (χ2n) is 6.44. The fourth-order valence-electron chi connectivity index (χ4n) is 2.42. The molecule has 1 aromatic carbocycles. The van der Waals surface area contributed by atoms with E-state index in [4.69, 9.17) is 0 Å². The van der Waals surface area contributed by atoms with Crippen LogP contribution in [0, 0.1) is 0 Å². The van der Waals surface area contributed by atoms with Gasteiger partial charge in [0.1, 0.15) is 17.2 Å². The van der Waals surface area contributed by atoms with Gasteiger partial charge in [-0.15, -0.1) is 0 Å². The molecule has 3 aromatic rings. The topological polar surface area (TPSA) is 90.0 Å². The van der Waals surface area contributed by atoms with E-state index in [0.717, 1.165) is 0 Å². The molecule has 0 atom stereocenters. The van der Waals surface area contributed by atoms with Crippen molar-refractivity contribution in [3.8, 4) is 28.5 Å². The van der Waals surface area contributed by atoms with E-state index in [2.05, 4.69) is 10.3 Å². The van der Waals surface area contributed by atoms with E-state index >= 15 is 0 Å². The van der Waals surface area contributed by atoms with Crippen molar-refractivity contribution in [2.24, 2.45) is 0 Å². The first kappa shape index (κ1) is 15.0. The Morgan fingerprint density at radius 3 is 2.43 bits per heavy atom. The number of pyridine rings is 1. The quantitative estimate of drug-likeness (QED) is 0.545. The molecule has 0 aliphatic carbocycles. The number of phenolic OH excluding ortho intramolecular Hbond substituents is 3. The molecule has 0 saturated carbocycles. The van der Waals surface area contributed by atoms with Gasteiger partial charge in [0.15, 0.2) is 11.5 Å². The Hall–Kier alpha value is -2.89. The molecule has 120 valence electrons. The van der Waals surface area contributed by atoms with Crippen LogP contribution in [0.15, 0.2) is 36.5 Å². The number of fused-ring (bicyclic) bond motifs is 1. The Morgan fingerprint density at radius 2 is 1.74 bits per heavy atom. The molecular formula is C17H19N3O3. The molecule has 6 heteroatoms. The van der Waals surface area contributed by atoms with Crippen molar-refractivity contribution in [2.45, 2.75) is 26.3 Å². The predicted molar refractivity (Wildman–Crippen MR) is 89.0 cm³/mol. The lowest BCUT2D eigenvalue weighted by molar-refractivity contribution is 0.369. The van der Waals surface area contributed by atoms with Crippen LogP contribution >= 0.6 is 0 Å². The van der Waals surface area contributed by atoms with Crippen molar-refractivity contribution < 1.29 is 15.3 Å². The second kappa shape index (κ2) is 5.08. The summed E-state index contributed by atoms with van der Waals surface area (Å²) in [6.07, 6.45) is 1.87. The number of phenols is 3. The highest BCUT2D eigenvalue weighted by molar-refractivity contribution is 5.83. The van der Waals surface area contributed by atoms with Crippen molar-refractivity contribution in [1.82, 2.24) is 9.38 Å². The maximum absolute atomic E-state index is 10.2. The number of nitrogens with zero attached hydrogens (tertiary/aromatic N) is 2. The highest BCUT2D eigenvalue weighted by Gasteiger charge is 2.22. The molecule has 0 bridgehead atoms. The molecule has 4 N–H and O–H groups in total. The Balaban J connectivity index is 2.29. The first-order chi connectivity index (χ1) is 10.8. The van der Waals surface area contributed by atoms with Crippen LogP contribution in [0.1, 0.15) is 20.8 Å². The SMILES string of the molecule is CC(C)(C)Nc1c(-c2ccc(O)c(O)c2O)nc2ccccn12. The van der Waals surface area contributed by atoms with E-state index < -0.39 is 11.5 Å². The van der Waals surface area contributed by atoms with E-state index in [1.165, 1.54) is 12.1 Å². The van der Waals surface area contributed by atoms with Gasteiger partial charge in [0.05, 0.1) is 0 Å². The van der Waals surface area contributed by atoms with Gasteiger partial charge in [0.2, 0.25) is 5.75 Å². The third-order valence-electron chi connectivity index (χ3n) is 3.41. The molecule has 0 aliphatic heterocycles. The smallest absolute Gasteiger partial charge is 0.200 e. The van der Waals surface area contributed by atoms with Crippen LogP contribution in [-0.4, -0.2) is 30.2 Å². The van der Waals surface area contributed by atoms with Gasteiger partial charge in [-0.05, 0) is 45.0 Å². The van der Waals surface area contributed by atoms with Crippen LogP contribution in [0.25, 0.3) is 16.9 Å². The molecule has 6 nitrogen and oxygen atoms in total. The number of aromatic nitrogens is 2. The van der Waals surface area contributed by atoms with Crippen LogP contribution in [0.4, 0.5) is 5.82 Å². The molecule has 0 unspecified atom stereocenters. The fraction of sp³-hybridized carbons (Fsp3) is 0.235. The number of hydrogen-bond acceptors (Lipinski definition) is 5. The van der Waals surface area contributed by atoms with E-state index in [-0.39, 0.29) is 11.3 Å². The molecule has 0 radical (unpaired) electrons. The lowest BCUT2D eigenvalue weighted by Gasteiger charge is -2.22. The normalized spacial score (nSPS) is 11.8. The van der Waals surface area contributed by atoms with Crippen molar-refractivity contribution in [2.75, 3.05) is 5.32 Å². The highest BCUT2D eigenvalue weighted by atomic mass is 16.3. The summed E-state index contributed by atoms with van der Waals surface area (Å²) in [6.45, 7) is 6.06. The van der Waals surface area contributed by atoms with Crippen LogP contribution in [0.2, 0.25) is 0 Å². The first-order valence-corrected chi connectivity index (χ1v) is 7.27. The zero-order valence-corrected chi connectivity index (χ0v) is 13.2. The van der Waals surface area contributed by atoms with E-state index in [1.54, 1.807) is 0 Å². The average molecular weight is 313 g/mol. The summed E-state index contributed by atoms with van der Waals surface area (Å²) in [5.74, 6) is -0.625. The van der Waals surface area contributed by atoms with Crippen LogP contribution in [0.3, 0.4) is 0 Å². The minimum atomic E-state index is -0.554. The van der Waals surface area contributed by atoms with Gasteiger partial charge >= 0.3 is 0 Å². The largest absolute Gasteiger partial charge is 0.504 e. The lowest BCUT2D eigenvalue weighted by Crippen LogP contribution is -2.27. The zero-order valence-electron chi connectivity index (χ0n) is 13.2. The average Bonchev–Trinajstić information content (AvgIpc) is 2.82. The van der Waals surface area contributed by atoms with Crippen molar-refractivity contribution in [3.63, 3.8) is 0 Å². The Bertz CT molecular complexity index is 879. The standard InChI is InChI=1S/C17H19N3O3/c1-17(2,3)19-16-13(18-12-6-4-5-9-20(12)16)10-7-8-11(21)15(23)14(10)22/h4-9,19,21-23H,1-3H3. The van der Waals surface area contributed by atoms with E-state index in [1.807, 2.05) is 49.6 Å². The predicted octanol–water partition coefficient (Wildman–Crippen LogP) is 3.33. The van der Waals surface area contributed by atoms with E-state index in [0.29, 0.717) is 22.7 Å². The van der Waals surface area contributed by atoms with Gasteiger partial charge in [-0.25, -0.2) is 4.98 Å². The monoisotopic (exact) mass is 313 g/mol. The Morgan fingerprint density at radius 1 is 1.00 bits per heavy atom. The molecule has 0 aliphatic rings. The van der Waals surface area contributed by atoms with Crippen molar-refractivity contribution in [3.05, 3.63) is 36.5 Å². The van der Waals surface area contributed by atoms with Crippen molar-refractivity contribution in [1.29, 1.82) is 0 Å². The minimum Gasteiger partial charge on any atom is -0.504 e. The number of hydrogen-bond donors (Lipinski definition) is 4. The molecule has 0 spiro atoms. The molecule has 0 amide bonds. The molecule has 3 rings (SSSR count). The van der Waals surface area contributed by atoms with Crippen LogP contribution < -0.4 is 5.32 Å². The first-order valence-electron chi connectivity index (χ1n) is 7.27. The third kappa shape index (κ3) is 2.63. The number of rotatable bonds is 2. The summed E-state index contributed by atoms with van der Waals surface area (Å²) in [5.41, 5.74) is 1.32. The Kier molecular flexibility index (Phi) is 3.32. The van der Waals surface area contributed by atoms with Crippen molar-refractivity contribution >= 4 is 11.5 Å². The molecular weight excluding hydrogens is 294 g/mol. The summed E-state index contributed by atoms with van der Waals surface area (Å²) in [6, 6.07) is 8.48. The summed E-state index contributed by atoms with van der Waals surface area (Å²) in [4.78, 5) is 4.55. The molecule has 2 heterocycles. The van der Waals surface area contributed by atoms with Gasteiger partial charge in [-0.3, -0.25) is 4.40 Å². The fourth-order valence-corrected chi connectivity index (χ4v) is 2.42. The van der Waals surface area contributed by atoms with Gasteiger partial charge in [0.25, 0.3) is 0 Å². The summed E-state index contributed by atoms with van der Waals surface area (Å²) in [5, 5.41) is 32.9. The zero-order chi connectivity index (χ0) is 16.8. The maximum Gasteiger partial charge on any atom is 0.200 e. The number of benzene rings is 1. The second-order valence-corrected chi connectivity index (χ2v) is 6.44. The number of imidazole rings is 1. The molecule has 0 saturated heterocycles. The van der Waals surface area contributed by atoms with Crippen LogP contribution in [-0.2, 0) is 0 Å². The number of anilines is 1. The summed E-state index contributed by atoms with van der Waals surface area (Å²) in [7, 11) is 0. The Labute approximate surface area is 133 Å². The van der Waals surface area contributed by atoms with Gasteiger partial charge in [-0.1, -0.05) is 6.07 Å². The summed E-state index contributed by atoms with van der Waals surface area (Å²) >= 11 is 0. The maximum atomic E-state index is 10.2. The van der Waals surface area contributed by atoms with Gasteiger partial charge < -0.3 is 20.6 Å². The molecule has 0 fully saturated rings.